The third-order valence-electron chi connectivity index (χ3n) is 4.41. The van der Waals surface area contributed by atoms with E-state index in [1.807, 2.05) is 0 Å². The summed E-state index contributed by atoms with van der Waals surface area (Å²) in [6.45, 7) is 2.95. The van der Waals surface area contributed by atoms with Gasteiger partial charge >= 0.3 is 5.97 Å². The van der Waals surface area contributed by atoms with E-state index in [0.717, 1.165) is 9.21 Å². The molecular formula is C16H21N3O6S. The van der Waals surface area contributed by atoms with E-state index in [0.29, 0.717) is 0 Å². The van der Waals surface area contributed by atoms with E-state index in [9.17, 15) is 27.9 Å². The van der Waals surface area contributed by atoms with Gasteiger partial charge in [0, 0.05) is 25.7 Å². The van der Waals surface area contributed by atoms with Gasteiger partial charge in [-0.05, 0) is 38.1 Å². The van der Waals surface area contributed by atoms with Gasteiger partial charge < -0.3 is 15.3 Å². The number of hydrogen-bond acceptors (Lipinski definition) is 5. The summed E-state index contributed by atoms with van der Waals surface area (Å²) in [6, 6.07) is 5.20. The van der Waals surface area contributed by atoms with Gasteiger partial charge in [-0.15, -0.1) is 0 Å². The molecule has 0 radical (unpaired) electrons. The first-order valence-corrected chi connectivity index (χ1v) is 9.30. The number of sulfonamides is 1. The van der Waals surface area contributed by atoms with Gasteiger partial charge in [0.05, 0.1) is 11.4 Å². The Hall–Kier alpha value is -2.46. The molecule has 1 aromatic carbocycles. The van der Waals surface area contributed by atoms with Crippen LogP contribution in [0.3, 0.4) is 0 Å². The van der Waals surface area contributed by atoms with Crippen LogP contribution in [0.1, 0.15) is 24.2 Å². The topological polar surface area (TPSA) is 124 Å². The van der Waals surface area contributed by atoms with Crippen molar-refractivity contribution in [1.82, 2.24) is 14.5 Å². The maximum Gasteiger partial charge on any atom is 0.329 e. The molecule has 0 unspecified atom stereocenters. The molecule has 1 aliphatic heterocycles. The summed E-state index contributed by atoms with van der Waals surface area (Å²) in [7, 11) is -2.48. The largest absolute Gasteiger partial charge is 0.480 e. The van der Waals surface area contributed by atoms with E-state index in [1.165, 1.54) is 45.2 Å². The molecule has 9 nitrogen and oxygen atoms in total. The summed E-state index contributed by atoms with van der Waals surface area (Å²) in [5, 5.41) is 11.8. The second-order valence-electron chi connectivity index (χ2n) is 6.44. The number of nitrogens with zero attached hydrogens (tertiary/aromatic N) is 2. The van der Waals surface area contributed by atoms with Crippen molar-refractivity contribution in [2.24, 2.45) is 0 Å². The summed E-state index contributed by atoms with van der Waals surface area (Å²) in [5.74, 6) is -2.07. The zero-order valence-corrected chi connectivity index (χ0v) is 15.5. The van der Waals surface area contributed by atoms with Crippen LogP contribution in [0.15, 0.2) is 29.2 Å². The molecule has 2 amide bonds. The van der Waals surface area contributed by atoms with Crippen molar-refractivity contribution in [3.63, 3.8) is 0 Å². The van der Waals surface area contributed by atoms with Crippen molar-refractivity contribution in [2.45, 2.75) is 24.3 Å². The van der Waals surface area contributed by atoms with Gasteiger partial charge in [0.1, 0.15) is 5.54 Å². The number of carboxylic acids is 1. The number of carbonyl (C=O) groups excluding carboxylic acids is 2. The molecule has 1 saturated heterocycles. The lowest BCUT2D eigenvalue weighted by molar-refractivity contribution is -0.147. The standard InChI is InChI=1S/C16H21N3O6S/c1-16(2,15(22)23)18(3)14(21)11-4-6-12(7-5-11)26(24,25)19-9-8-17-13(20)10-19/h4-7H,8-10H2,1-3H3,(H,17,20)(H,22,23). The number of amides is 2. The third-order valence-corrected chi connectivity index (χ3v) is 6.27. The minimum Gasteiger partial charge on any atom is -0.480 e. The molecule has 0 spiro atoms. The lowest BCUT2D eigenvalue weighted by Crippen LogP contribution is -2.50. The maximum absolute atomic E-state index is 12.6. The highest BCUT2D eigenvalue weighted by molar-refractivity contribution is 7.89. The number of piperazine rings is 1. The summed E-state index contributed by atoms with van der Waals surface area (Å²) in [4.78, 5) is 36.2. The SMILES string of the molecule is CN(C(=O)c1ccc(S(=O)(=O)N2CCNC(=O)C2)cc1)C(C)(C)C(=O)O. The normalized spacial score (nSPS) is 16.0. The van der Waals surface area contributed by atoms with Crippen LogP contribution in [0.2, 0.25) is 0 Å². The van der Waals surface area contributed by atoms with Gasteiger partial charge in [0.15, 0.2) is 0 Å². The molecule has 142 valence electrons. The first-order chi connectivity index (χ1) is 12.0. The van der Waals surface area contributed by atoms with Crippen LogP contribution in [0.25, 0.3) is 0 Å². The predicted molar refractivity (Wildman–Crippen MR) is 92.0 cm³/mol. The Morgan fingerprint density at radius 3 is 2.31 bits per heavy atom. The van der Waals surface area contributed by atoms with Crippen LogP contribution < -0.4 is 5.32 Å². The Morgan fingerprint density at radius 1 is 1.23 bits per heavy atom. The number of rotatable bonds is 5. The zero-order valence-electron chi connectivity index (χ0n) is 14.7. The Balaban J connectivity index is 2.24. The van der Waals surface area contributed by atoms with E-state index in [2.05, 4.69) is 5.32 Å². The molecule has 2 rings (SSSR count). The fourth-order valence-electron chi connectivity index (χ4n) is 2.33. The highest BCUT2D eigenvalue weighted by atomic mass is 32.2. The summed E-state index contributed by atoms with van der Waals surface area (Å²) < 4.78 is 26.2. The zero-order chi connectivity index (χ0) is 19.7. The third kappa shape index (κ3) is 3.70. The van der Waals surface area contributed by atoms with Crippen molar-refractivity contribution < 1.29 is 27.9 Å². The lowest BCUT2D eigenvalue weighted by Gasteiger charge is -2.31. The van der Waals surface area contributed by atoms with Crippen molar-refractivity contribution in [3.8, 4) is 0 Å². The minimum absolute atomic E-state index is 0.0381. The molecular weight excluding hydrogens is 362 g/mol. The Labute approximate surface area is 151 Å². The fourth-order valence-corrected chi connectivity index (χ4v) is 3.73. The van der Waals surface area contributed by atoms with Crippen LogP contribution in [0.5, 0.6) is 0 Å². The number of nitrogens with one attached hydrogen (secondary N) is 1. The Bertz CT molecular complexity index is 832. The Kier molecular flexibility index (Phi) is 5.38. The molecule has 1 aliphatic rings. The Morgan fingerprint density at radius 2 is 1.81 bits per heavy atom. The van der Waals surface area contributed by atoms with Crippen LogP contribution >= 0.6 is 0 Å². The molecule has 0 saturated carbocycles. The van der Waals surface area contributed by atoms with Gasteiger partial charge in [0.2, 0.25) is 15.9 Å². The quantitative estimate of drug-likeness (QED) is 0.722. The summed E-state index contributed by atoms with van der Waals surface area (Å²) >= 11 is 0. The molecule has 1 heterocycles. The predicted octanol–water partition coefficient (Wildman–Crippen LogP) is -0.258. The van der Waals surface area contributed by atoms with Crippen molar-refractivity contribution in [1.29, 1.82) is 0 Å². The van der Waals surface area contributed by atoms with Gasteiger partial charge in [-0.2, -0.15) is 4.31 Å². The number of carbonyl (C=O) groups is 3. The number of hydrogen-bond donors (Lipinski definition) is 2. The number of aliphatic carboxylic acids is 1. The number of benzene rings is 1. The van der Waals surface area contributed by atoms with Crippen molar-refractivity contribution in [3.05, 3.63) is 29.8 Å². The van der Waals surface area contributed by atoms with Gasteiger partial charge in [-0.1, -0.05) is 0 Å². The van der Waals surface area contributed by atoms with Crippen LogP contribution in [0.4, 0.5) is 0 Å². The van der Waals surface area contributed by atoms with Crippen molar-refractivity contribution in [2.75, 3.05) is 26.7 Å². The molecule has 0 bridgehead atoms. The van der Waals surface area contributed by atoms with Gasteiger partial charge in [-0.3, -0.25) is 9.59 Å². The van der Waals surface area contributed by atoms with E-state index in [4.69, 9.17) is 0 Å². The van der Waals surface area contributed by atoms with Crippen molar-refractivity contribution >= 4 is 27.8 Å². The molecule has 1 aromatic rings. The second-order valence-corrected chi connectivity index (χ2v) is 8.38. The number of carboxylic acid groups (broad SMARTS) is 1. The average Bonchev–Trinajstić information content (AvgIpc) is 2.60. The highest BCUT2D eigenvalue weighted by Gasteiger charge is 2.36. The first kappa shape index (κ1) is 19.9. The summed E-state index contributed by atoms with van der Waals surface area (Å²) in [6.07, 6.45) is 0. The second kappa shape index (κ2) is 7.04. The van der Waals surface area contributed by atoms with Gasteiger partial charge in [-0.25, -0.2) is 13.2 Å². The molecule has 2 N–H and O–H groups in total. The highest BCUT2D eigenvalue weighted by Crippen LogP contribution is 2.20. The van der Waals surface area contributed by atoms with Gasteiger partial charge in [0.25, 0.3) is 5.91 Å². The lowest BCUT2D eigenvalue weighted by atomic mass is 10.0. The maximum atomic E-state index is 12.6. The van der Waals surface area contributed by atoms with E-state index >= 15 is 0 Å². The fraction of sp³-hybridized carbons (Fsp3) is 0.438. The van der Waals surface area contributed by atoms with Crippen LogP contribution in [-0.2, 0) is 19.6 Å². The monoisotopic (exact) mass is 383 g/mol. The molecule has 0 aromatic heterocycles. The van der Waals surface area contributed by atoms with Crippen LogP contribution in [0, 0.1) is 0 Å². The first-order valence-electron chi connectivity index (χ1n) is 7.86. The molecule has 0 atom stereocenters. The molecule has 0 aliphatic carbocycles. The van der Waals surface area contributed by atoms with Crippen LogP contribution in [-0.4, -0.2) is 72.7 Å². The molecule has 10 heteroatoms. The minimum atomic E-state index is -3.85. The van der Waals surface area contributed by atoms with E-state index in [1.54, 1.807) is 0 Å². The van der Waals surface area contributed by atoms with E-state index in [-0.39, 0.29) is 36.0 Å². The summed E-state index contributed by atoms with van der Waals surface area (Å²) in [5.41, 5.74) is -1.25. The average molecular weight is 383 g/mol. The molecule has 1 fully saturated rings. The smallest absolute Gasteiger partial charge is 0.329 e. The number of likely N-dealkylation sites (N-methyl/N-ethyl adjacent to an activating group) is 1. The molecule has 26 heavy (non-hydrogen) atoms. The van der Waals surface area contributed by atoms with E-state index < -0.39 is 27.4 Å².